The van der Waals surface area contributed by atoms with Crippen molar-refractivity contribution in [3.63, 3.8) is 0 Å². The Labute approximate surface area is 130 Å². The van der Waals surface area contributed by atoms with Gasteiger partial charge in [-0.15, -0.1) is 0 Å². The summed E-state index contributed by atoms with van der Waals surface area (Å²) in [5, 5.41) is 3.30. The molecule has 2 aliphatic rings. The van der Waals surface area contributed by atoms with Crippen molar-refractivity contribution in [3.05, 3.63) is 29.8 Å². The summed E-state index contributed by atoms with van der Waals surface area (Å²) < 4.78 is 5.43. The first-order valence-corrected chi connectivity index (χ1v) is 7.73. The Morgan fingerprint density at radius 1 is 1.32 bits per heavy atom. The maximum Gasteiger partial charge on any atom is 0.421 e. The van der Waals surface area contributed by atoms with E-state index in [1.807, 2.05) is 24.3 Å². The van der Waals surface area contributed by atoms with Gasteiger partial charge in [-0.2, -0.15) is 0 Å². The van der Waals surface area contributed by atoms with Crippen molar-refractivity contribution in [2.45, 2.75) is 44.6 Å². The highest BCUT2D eigenvalue weighted by molar-refractivity contribution is 6.21. The van der Waals surface area contributed by atoms with E-state index in [4.69, 9.17) is 4.74 Å². The predicted octanol–water partition coefficient (Wildman–Crippen LogP) is 2.59. The predicted molar refractivity (Wildman–Crippen MR) is 83.9 cm³/mol. The van der Waals surface area contributed by atoms with Gasteiger partial charge in [-0.1, -0.05) is 18.2 Å². The van der Waals surface area contributed by atoms with E-state index < -0.39 is 17.1 Å². The van der Waals surface area contributed by atoms with Gasteiger partial charge in [0, 0.05) is 6.54 Å². The van der Waals surface area contributed by atoms with Crippen LogP contribution in [-0.4, -0.2) is 30.7 Å². The van der Waals surface area contributed by atoms with Gasteiger partial charge >= 0.3 is 6.09 Å². The van der Waals surface area contributed by atoms with Gasteiger partial charge in [0.1, 0.15) is 5.60 Å². The van der Waals surface area contributed by atoms with E-state index in [1.54, 1.807) is 20.8 Å². The number of benzene rings is 1. The Kier molecular flexibility index (Phi) is 3.48. The first-order chi connectivity index (χ1) is 10.4. The number of rotatable bonds is 0. The van der Waals surface area contributed by atoms with Gasteiger partial charge < -0.3 is 10.1 Å². The maximum absolute atomic E-state index is 13.1. The molecule has 22 heavy (non-hydrogen) atoms. The quantitative estimate of drug-likeness (QED) is 0.800. The average Bonchev–Trinajstić information content (AvgIpc) is 2.68. The normalized spacial score (nSPS) is 24.5. The molecule has 1 N–H and O–H groups in total. The van der Waals surface area contributed by atoms with Crippen LogP contribution in [-0.2, 0) is 14.9 Å². The fraction of sp³-hybridized carbons (Fsp3) is 0.529. The molecule has 2 heterocycles. The summed E-state index contributed by atoms with van der Waals surface area (Å²) in [7, 11) is 0. The molecule has 1 aromatic carbocycles. The van der Waals surface area contributed by atoms with Gasteiger partial charge in [0.2, 0.25) is 5.91 Å². The van der Waals surface area contributed by atoms with Gasteiger partial charge in [-0.05, 0) is 51.8 Å². The molecule has 118 valence electrons. The number of anilines is 1. The van der Waals surface area contributed by atoms with Crippen molar-refractivity contribution in [1.82, 2.24) is 5.32 Å². The van der Waals surface area contributed by atoms with Crippen LogP contribution in [0.25, 0.3) is 0 Å². The zero-order valence-corrected chi connectivity index (χ0v) is 13.3. The number of nitrogens with one attached hydrogen (secondary N) is 1. The van der Waals surface area contributed by atoms with Crippen molar-refractivity contribution >= 4 is 17.7 Å². The second-order valence-electron chi connectivity index (χ2n) is 7.00. The molecule has 1 unspecified atom stereocenters. The molecule has 3 rings (SSSR count). The summed E-state index contributed by atoms with van der Waals surface area (Å²) in [6.07, 6.45) is 1.09. The van der Waals surface area contributed by atoms with E-state index in [9.17, 15) is 9.59 Å². The maximum atomic E-state index is 13.1. The number of fused-ring (bicyclic) bond motifs is 2. The molecule has 2 aliphatic heterocycles. The highest BCUT2D eigenvalue weighted by Crippen LogP contribution is 2.45. The van der Waals surface area contributed by atoms with Gasteiger partial charge in [0.25, 0.3) is 0 Å². The summed E-state index contributed by atoms with van der Waals surface area (Å²) in [6, 6.07) is 7.53. The number of carbonyl (C=O) groups is 2. The van der Waals surface area contributed by atoms with E-state index >= 15 is 0 Å². The summed E-state index contributed by atoms with van der Waals surface area (Å²) >= 11 is 0. The number of ether oxygens (including phenoxy) is 1. The lowest BCUT2D eigenvalue weighted by Gasteiger charge is -2.33. The number of amides is 2. The van der Waals surface area contributed by atoms with Gasteiger partial charge in [-0.3, -0.25) is 4.79 Å². The second-order valence-corrected chi connectivity index (χ2v) is 7.00. The van der Waals surface area contributed by atoms with E-state index in [1.165, 1.54) is 4.90 Å². The van der Waals surface area contributed by atoms with E-state index in [-0.39, 0.29) is 5.91 Å². The largest absolute Gasteiger partial charge is 0.443 e. The van der Waals surface area contributed by atoms with Gasteiger partial charge in [0.15, 0.2) is 0 Å². The third kappa shape index (κ3) is 2.29. The zero-order chi connectivity index (χ0) is 16.0. The molecule has 1 spiro atoms. The molecule has 1 aromatic rings. The van der Waals surface area contributed by atoms with Crippen LogP contribution in [0.5, 0.6) is 0 Å². The van der Waals surface area contributed by atoms with Crippen LogP contribution in [0, 0.1) is 0 Å². The molecule has 5 heteroatoms. The summed E-state index contributed by atoms with van der Waals surface area (Å²) in [4.78, 5) is 26.8. The highest BCUT2D eigenvalue weighted by Gasteiger charge is 2.53. The van der Waals surface area contributed by atoms with Crippen LogP contribution in [0.15, 0.2) is 24.3 Å². The van der Waals surface area contributed by atoms with Crippen molar-refractivity contribution < 1.29 is 14.3 Å². The van der Waals surface area contributed by atoms with E-state index in [0.29, 0.717) is 12.2 Å². The second kappa shape index (κ2) is 5.09. The van der Waals surface area contributed by atoms with Crippen LogP contribution in [0.2, 0.25) is 0 Å². The molecule has 0 aromatic heterocycles. The third-order valence-corrected chi connectivity index (χ3v) is 4.23. The SMILES string of the molecule is CC(C)(C)OC(=O)N1C(=O)C2(CCCNC2)c2ccccc21. The summed E-state index contributed by atoms with van der Waals surface area (Å²) in [5.74, 6) is -0.171. The number of para-hydroxylation sites is 1. The minimum absolute atomic E-state index is 0.171. The monoisotopic (exact) mass is 302 g/mol. The molecule has 2 amide bonds. The minimum Gasteiger partial charge on any atom is -0.443 e. The number of piperidine rings is 1. The lowest BCUT2D eigenvalue weighted by atomic mass is 9.76. The Morgan fingerprint density at radius 3 is 2.68 bits per heavy atom. The lowest BCUT2D eigenvalue weighted by Crippen LogP contribution is -2.52. The van der Waals surface area contributed by atoms with Crippen LogP contribution in [0.1, 0.15) is 39.2 Å². The smallest absolute Gasteiger partial charge is 0.421 e. The molecule has 0 bridgehead atoms. The molecule has 1 fully saturated rings. The highest BCUT2D eigenvalue weighted by atomic mass is 16.6. The van der Waals surface area contributed by atoms with Crippen LogP contribution < -0.4 is 10.2 Å². The first kappa shape index (κ1) is 15.0. The number of nitrogens with zero attached hydrogens (tertiary/aromatic N) is 1. The number of hydrogen-bond acceptors (Lipinski definition) is 4. The van der Waals surface area contributed by atoms with Crippen LogP contribution in [0.3, 0.4) is 0 Å². The van der Waals surface area contributed by atoms with Crippen molar-refractivity contribution in [3.8, 4) is 0 Å². The van der Waals surface area contributed by atoms with Gasteiger partial charge in [0.05, 0.1) is 11.1 Å². The Balaban J connectivity index is 2.03. The lowest BCUT2D eigenvalue weighted by molar-refractivity contribution is -0.123. The standard InChI is InChI=1S/C17H22N2O3/c1-16(2,3)22-15(21)19-13-8-5-4-7-12(13)17(14(19)20)9-6-10-18-11-17/h4-5,7-8,18H,6,9-11H2,1-3H3. The van der Waals surface area contributed by atoms with Crippen molar-refractivity contribution in [1.29, 1.82) is 0 Å². The molecule has 1 atom stereocenters. The van der Waals surface area contributed by atoms with Crippen LogP contribution in [0.4, 0.5) is 10.5 Å². The van der Waals surface area contributed by atoms with Crippen molar-refractivity contribution in [2.75, 3.05) is 18.0 Å². The number of hydrogen-bond donors (Lipinski definition) is 1. The first-order valence-electron chi connectivity index (χ1n) is 7.73. The summed E-state index contributed by atoms with van der Waals surface area (Å²) in [5.41, 5.74) is 0.321. The molecule has 0 saturated carbocycles. The van der Waals surface area contributed by atoms with E-state index in [2.05, 4.69) is 5.32 Å². The third-order valence-electron chi connectivity index (χ3n) is 4.23. The fourth-order valence-corrected chi connectivity index (χ4v) is 3.32. The average molecular weight is 302 g/mol. The van der Waals surface area contributed by atoms with Crippen molar-refractivity contribution in [2.24, 2.45) is 0 Å². The minimum atomic E-state index is -0.633. The molecule has 0 aliphatic carbocycles. The molecular weight excluding hydrogens is 280 g/mol. The summed E-state index contributed by atoms with van der Waals surface area (Å²) in [6.45, 7) is 6.88. The number of imide groups is 1. The topological polar surface area (TPSA) is 58.6 Å². The molecule has 0 radical (unpaired) electrons. The molecular formula is C17H22N2O3. The Bertz CT molecular complexity index is 613. The Morgan fingerprint density at radius 2 is 2.05 bits per heavy atom. The molecule has 5 nitrogen and oxygen atoms in total. The molecule has 1 saturated heterocycles. The number of carbonyl (C=O) groups excluding carboxylic acids is 2. The van der Waals surface area contributed by atoms with Gasteiger partial charge in [-0.25, -0.2) is 9.69 Å². The van der Waals surface area contributed by atoms with E-state index in [0.717, 1.165) is 24.9 Å². The zero-order valence-electron chi connectivity index (χ0n) is 13.3. The Hall–Kier alpha value is -1.88. The fourth-order valence-electron chi connectivity index (χ4n) is 3.32. The van der Waals surface area contributed by atoms with Crippen LogP contribution >= 0.6 is 0 Å².